The zero-order valence-electron chi connectivity index (χ0n) is 14.9. The van der Waals surface area contributed by atoms with E-state index in [0.29, 0.717) is 11.5 Å². The lowest BCUT2D eigenvalue weighted by Gasteiger charge is -2.24. The zero-order chi connectivity index (χ0) is 19.0. The van der Waals surface area contributed by atoms with Crippen molar-refractivity contribution in [2.45, 2.75) is 25.9 Å². The predicted octanol–water partition coefficient (Wildman–Crippen LogP) is 4.14. The number of rotatable bonds is 4. The second kappa shape index (κ2) is 6.82. The Hall–Kier alpha value is -3.24. The van der Waals surface area contributed by atoms with E-state index >= 15 is 0 Å². The van der Waals surface area contributed by atoms with Crippen molar-refractivity contribution in [3.05, 3.63) is 64.4 Å². The highest BCUT2D eigenvalue weighted by Gasteiger charge is 2.35. The van der Waals surface area contributed by atoms with Crippen molar-refractivity contribution in [1.82, 2.24) is 10.2 Å². The highest BCUT2D eigenvalue weighted by molar-refractivity contribution is 7.13. The van der Waals surface area contributed by atoms with E-state index in [9.17, 15) is 5.26 Å². The molecular weight excluding hydrogens is 360 g/mol. The van der Waals surface area contributed by atoms with Gasteiger partial charge < -0.3 is 15.2 Å². The lowest BCUT2D eigenvalue weighted by molar-refractivity contribution is 0.242. The molecule has 0 amide bonds. The number of nitrogens with one attached hydrogen (secondary N) is 1. The third-order valence-electron chi connectivity index (χ3n) is 4.29. The Morgan fingerprint density at radius 2 is 2.07 bits per heavy atom. The Bertz CT molecular complexity index is 1030. The van der Waals surface area contributed by atoms with E-state index in [1.165, 1.54) is 0 Å². The van der Waals surface area contributed by atoms with E-state index in [4.69, 9.17) is 15.2 Å². The minimum atomic E-state index is -0.359. The van der Waals surface area contributed by atoms with Crippen LogP contribution in [-0.2, 0) is 0 Å². The molecule has 4 rings (SSSR count). The molecule has 7 heteroatoms. The van der Waals surface area contributed by atoms with Crippen LogP contribution in [0, 0.1) is 11.3 Å². The van der Waals surface area contributed by atoms with Crippen LogP contribution in [0.2, 0.25) is 0 Å². The Morgan fingerprint density at radius 1 is 1.30 bits per heavy atom. The fourth-order valence-electron chi connectivity index (χ4n) is 3.20. The van der Waals surface area contributed by atoms with Gasteiger partial charge in [0.2, 0.25) is 11.8 Å². The summed E-state index contributed by atoms with van der Waals surface area (Å²) in [6.45, 7) is 3.96. The maximum Gasteiger partial charge on any atom is 0.244 e. The molecule has 2 aromatic heterocycles. The van der Waals surface area contributed by atoms with E-state index in [1.807, 2.05) is 55.6 Å². The summed E-state index contributed by atoms with van der Waals surface area (Å²) >= 11 is 1.59. The first-order valence-corrected chi connectivity index (χ1v) is 9.42. The molecule has 6 nitrogen and oxygen atoms in total. The Kier molecular flexibility index (Phi) is 4.34. The number of hydrogen-bond acceptors (Lipinski definition) is 6. The van der Waals surface area contributed by atoms with Gasteiger partial charge in [0.25, 0.3) is 0 Å². The second-order valence-corrected chi connectivity index (χ2v) is 7.40. The van der Waals surface area contributed by atoms with Gasteiger partial charge in [-0.2, -0.15) is 5.26 Å². The summed E-state index contributed by atoms with van der Waals surface area (Å²) in [6, 6.07) is 13.9. The lowest BCUT2D eigenvalue weighted by atomic mass is 9.84. The topological polar surface area (TPSA) is 96.9 Å². The van der Waals surface area contributed by atoms with Crippen molar-refractivity contribution in [2.75, 3.05) is 0 Å². The van der Waals surface area contributed by atoms with Gasteiger partial charge in [0.1, 0.15) is 17.4 Å². The second-order valence-electron chi connectivity index (χ2n) is 6.46. The van der Waals surface area contributed by atoms with Gasteiger partial charge in [-0.25, -0.2) is 0 Å². The molecule has 27 heavy (non-hydrogen) atoms. The standard InChI is InChI=1S/C20H18N4O2S/c1-11(2)25-13-7-5-12(6-8-13)16-14(10-21)19(22)26-20-17(16)18(23-24-20)15-4-3-9-27-15/h3-9,11,16H,22H2,1-2H3,(H,23,24)/t16-/m1/s1. The maximum atomic E-state index is 9.73. The summed E-state index contributed by atoms with van der Waals surface area (Å²) in [7, 11) is 0. The van der Waals surface area contributed by atoms with Gasteiger partial charge in [0, 0.05) is 0 Å². The van der Waals surface area contributed by atoms with Crippen LogP contribution in [0.3, 0.4) is 0 Å². The van der Waals surface area contributed by atoms with Crippen LogP contribution in [-0.4, -0.2) is 16.3 Å². The van der Waals surface area contributed by atoms with Crippen molar-refractivity contribution < 1.29 is 9.47 Å². The van der Waals surface area contributed by atoms with E-state index in [1.54, 1.807) is 11.3 Å². The number of thiophene rings is 1. The number of H-pyrrole nitrogens is 1. The number of nitriles is 1. The average molecular weight is 378 g/mol. The number of ether oxygens (including phenoxy) is 2. The molecule has 0 radical (unpaired) electrons. The first-order chi connectivity index (χ1) is 13.1. The van der Waals surface area contributed by atoms with Crippen LogP contribution in [0.25, 0.3) is 10.6 Å². The molecule has 1 atom stereocenters. The zero-order valence-corrected chi connectivity index (χ0v) is 15.7. The van der Waals surface area contributed by atoms with Crippen molar-refractivity contribution in [3.8, 4) is 28.3 Å². The normalized spacial score (nSPS) is 16.0. The van der Waals surface area contributed by atoms with Crippen molar-refractivity contribution >= 4 is 11.3 Å². The number of nitrogens with two attached hydrogens (primary N) is 1. The quantitative estimate of drug-likeness (QED) is 0.711. The van der Waals surface area contributed by atoms with Gasteiger partial charge in [0.05, 0.1) is 28.2 Å². The number of benzene rings is 1. The molecule has 0 saturated carbocycles. The van der Waals surface area contributed by atoms with Crippen LogP contribution in [0.15, 0.2) is 53.2 Å². The molecule has 3 aromatic rings. The summed E-state index contributed by atoms with van der Waals surface area (Å²) < 4.78 is 11.3. The van der Waals surface area contributed by atoms with Gasteiger partial charge in [-0.1, -0.05) is 18.2 Å². The van der Waals surface area contributed by atoms with Gasteiger partial charge >= 0.3 is 0 Å². The number of aromatic nitrogens is 2. The first-order valence-electron chi connectivity index (χ1n) is 8.54. The monoisotopic (exact) mass is 378 g/mol. The average Bonchev–Trinajstić information content (AvgIpc) is 3.30. The van der Waals surface area contributed by atoms with Crippen molar-refractivity contribution in [1.29, 1.82) is 5.26 Å². The van der Waals surface area contributed by atoms with Crippen LogP contribution in [0.1, 0.15) is 30.9 Å². The molecular formula is C20H18N4O2S. The summed E-state index contributed by atoms with van der Waals surface area (Å²) in [4.78, 5) is 1.02. The summed E-state index contributed by atoms with van der Waals surface area (Å²) in [6.07, 6.45) is 0.0926. The molecule has 0 saturated heterocycles. The number of nitrogens with zero attached hydrogens (tertiary/aromatic N) is 2. The fourth-order valence-corrected chi connectivity index (χ4v) is 3.93. The highest BCUT2D eigenvalue weighted by Crippen LogP contribution is 2.46. The van der Waals surface area contributed by atoms with E-state index in [0.717, 1.165) is 27.4 Å². The third kappa shape index (κ3) is 3.04. The smallest absolute Gasteiger partial charge is 0.244 e. The third-order valence-corrected chi connectivity index (χ3v) is 5.18. The molecule has 0 fully saturated rings. The molecule has 1 aliphatic rings. The summed E-state index contributed by atoms with van der Waals surface area (Å²) in [5.74, 6) is 0.911. The molecule has 3 heterocycles. The maximum absolute atomic E-state index is 9.73. The molecule has 3 N–H and O–H groups in total. The largest absolute Gasteiger partial charge is 0.491 e. The van der Waals surface area contributed by atoms with Crippen LogP contribution in [0.5, 0.6) is 11.6 Å². The van der Waals surface area contributed by atoms with Gasteiger partial charge in [0.15, 0.2) is 0 Å². The molecule has 0 spiro atoms. The van der Waals surface area contributed by atoms with E-state index < -0.39 is 0 Å². The molecule has 0 bridgehead atoms. The van der Waals surface area contributed by atoms with Crippen LogP contribution < -0.4 is 15.2 Å². The number of fused-ring (bicyclic) bond motifs is 1. The van der Waals surface area contributed by atoms with E-state index in [2.05, 4.69) is 16.3 Å². The van der Waals surface area contributed by atoms with Crippen LogP contribution >= 0.6 is 11.3 Å². The first kappa shape index (κ1) is 17.2. The van der Waals surface area contributed by atoms with Gasteiger partial charge in [-0.15, -0.1) is 16.4 Å². The molecule has 0 unspecified atom stereocenters. The van der Waals surface area contributed by atoms with Crippen molar-refractivity contribution in [3.63, 3.8) is 0 Å². The molecule has 1 aliphatic heterocycles. The fraction of sp³-hybridized carbons (Fsp3) is 0.200. The number of aromatic amines is 1. The predicted molar refractivity (Wildman–Crippen MR) is 103 cm³/mol. The number of allylic oxidation sites excluding steroid dienone is 1. The Balaban J connectivity index is 1.84. The van der Waals surface area contributed by atoms with Crippen LogP contribution in [0.4, 0.5) is 0 Å². The Labute approximate surface area is 160 Å². The lowest BCUT2D eigenvalue weighted by Crippen LogP contribution is -2.20. The molecule has 0 aliphatic carbocycles. The van der Waals surface area contributed by atoms with Crippen molar-refractivity contribution in [2.24, 2.45) is 5.73 Å². The minimum Gasteiger partial charge on any atom is -0.491 e. The Morgan fingerprint density at radius 3 is 2.70 bits per heavy atom. The molecule has 136 valence electrons. The van der Waals surface area contributed by atoms with Gasteiger partial charge in [-0.05, 0) is 43.0 Å². The summed E-state index contributed by atoms with van der Waals surface area (Å²) in [5.41, 5.74) is 8.98. The SMILES string of the molecule is CC(C)Oc1ccc([C@@H]2C(C#N)=C(N)Oc3n[nH]c(-c4cccs4)c32)cc1. The van der Waals surface area contributed by atoms with Gasteiger partial charge in [-0.3, -0.25) is 5.10 Å². The molecule has 1 aromatic carbocycles. The minimum absolute atomic E-state index is 0.0849. The summed E-state index contributed by atoms with van der Waals surface area (Å²) in [5, 5.41) is 19.0. The van der Waals surface area contributed by atoms with E-state index in [-0.39, 0.29) is 17.9 Å². The number of hydrogen-bond donors (Lipinski definition) is 2. The highest BCUT2D eigenvalue weighted by atomic mass is 32.1.